The van der Waals surface area contributed by atoms with Gasteiger partial charge in [-0.1, -0.05) is 50.6 Å². The van der Waals surface area contributed by atoms with Crippen LogP contribution >= 0.6 is 11.6 Å². The van der Waals surface area contributed by atoms with Crippen molar-refractivity contribution in [2.24, 2.45) is 17.6 Å². The van der Waals surface area contributed by atoms with Gasteiger partial charge in [0.25, 0.3) is 0 Å². The molecule has 0 heterocycles. The van der Waals surface area contributed by atoms with E-state index in [9.17, 15) is 4.79 Å². The zero-order valence-electron chi connectivity index (χ0n) is 12.0. The number of halogens is 1. The van der Waals surface area contributed by atoms with Gasteiger partial charge in [-0.15, -0.1) is 0 Å². The van der Waals surface area contributed by atoms with Crippen LogP contribution in [0.25, 0.3) is 0 Å². The highest BCUT2D eigenvalue weighted by atomic mass is 35.5. The summed E-state index contributed by atoms with van der Waals surface area (Å²) in [5, 5.41) is 3.73. The van der Waals surface area contributed by atoms with E-state index in [-0.39, 0.29) is 29.8 Å². The van der Waals surface area contributed by atoms with E-state index in [1.165, 1.54) is 0 Å². The fourth-order valence-corrected chi connectivity index (χ4v) is 2.11. The van der Waals surface area contributed by atoms with E-state index in [2.05, 4.69) is 19.2 Å². The average molecular weight is 283 g/mol. The molecule has 0 aliphatic carbocycles. The summed E-state index contributed by atoms with van der Waals surface area (Å²) in [4.78, 5) is 12.1. The number of rotatable bonds is 5. The Morgan fingerprint density at radius 2 is 1.79 bits per heavy atom. The zero-order chi connectivity index (χ0) is 14.6. The standard InChI is InChI=1S/C15H23ClN2O/c1-9(2)14(12-7-5-6-8-13(12)16)18-15(19)10(3)11(4)17/h5-11,14H,17H2,1-4H3,(H,18,19). The molecule has 1 rings (SSSR count). The highest BCUT2D eigenvalue weighted by molar-refractivity contribution is 6.31. The molecule has 3 nitrogen and oxygen atoms in total. The van der Waals surface area contributed by atoms with Crippen LogP contribution in [0, 0.1) is 11.8 Å². The number of amides is 1. The summed E-state index contributed by atoms with van der Waals surface area (Å²) in [6.07, 6.45) is 0. The van der Waals surface area contributed by atoms with Gasteiger partial charge in [-0.2, -0.15) is 0 Å². The van der Waals surface area contributed by atoms with Crippen molar-refractivity contribution >= 4 is 17.5 Å². The molecule has 106 valence electrons. The maximum atomic E-state index is 12.1. The molecule has 0 fully saturated rings. The third-order valence-corrected chi connectivity index (χ3v) is 3.75. The van der Waals surface area contributed by atoms with Crippen LogP contribution in [-0.4, -0.2) is 11.9 Å². The number of carbonyl (C=O) groups is 1. The van der Waals surface area contributed by atoms with Gasteiger partial charge in [-0.25, -0.2) is 0 Å². The molecule has 1 aromatic carbocycles. The number of hydrogen-bond donors (Lipinski definition) is 2. The molecule has 0 spiro atoms. The number of carbonyl (C=O) groups excluding carboxylic acids is 1. The van der Waals surface area contributed by atoms with Crippen LogP contribution < -0.4 is 11.1 Å². The molecule has 0 radical (unpaired) electrons. The van der Waals surface area contributed by atoms with Crippen molar-refractivity contribution in [3.05, 3.63) is 34.9 Å². The maximum Gasteiger partial charge on any atom is 0.224 e. The van der Waals surface area contributed by atoms with Crippen LogP contribution in [0.15, 0.2) is 24.3 Å². The van der Waals surface area contributed by atoms with Gasteiger partial charge in [-0.3, -0.25) is 4.79 Å². The van der Waals surface area contributed by atoms with E-state index in [4.69, 9.17) is 17.3 Å². The first-order chi connectivity index (χ1) is 8.84. The van der Waals surface area contributed by atoms with Crippen molar-refractivity contribution in [2.45, 2.75) is 39.8 Å². The van der Waals surface area contributed by atoms with Crippen molar-refractivity contribution in [1.29, 1.82) is 0 Å². The lowest BCUT2D eigenvalue weighted by atomic mass is 9.94. The van der Waals surface area contributed by atoms with Gasteiger partial charge < -0.3 is 11.1 Å². The molecule has 0 aliphatic heterocycles. The third-order valence-electron chi connectivity index (χ3n) is 3.41. The van der Waals surface area contributed by atoms with E-state index >= 15 is 0 Å². The molecule has 0 aliphatic rings. The molecule has 19 heavy (non-hydrogen) atoms. The fourth-order valence-electron chi connectivity index (χ4n) is 1.85. The van der Waals surface area contributed by atoms with E-state index in [0.29, 0.717) is 5.02 Å². The summed E-state index contributed by atoms with van der Waals surface area (Å²) in [5.41, 5.74) is 6.72. The summed E-state index contributed by atoms with van der Waals surface area (Å²) >= 11 is 6.21. The van der Waals surface area contributed by atoms with Crippen molar-refractivity contribution in [2.75, 3.05) is 0 Å². The van der Waals surface area contributed by atoms with Crippen LogP contribution in [0.3, 0.4) is 0 Å². The Bertz CT molecular complexity index is 432. The molecular weight excluding hydrogens is 260 g/mol. The Balaban J connectivity index is 2.92. The second kappa shape index (κ2) is 6.92. The quantitative estimate of drug-likeness (QED) is 0.872. The first-order valence-corrected chi connectivity index (χ1v) is 7.02. The predicted octanol–water partition coefficient (Wildman–Crippen LogP) is 3.14. The van der Waals surface area contributed by atoms with Crippen LogP contribution in [0.1, 0.15) is 39.3 Å². The van der Waals surface area contributed by atoms with Crippen LogP contribution in [-0.2, 0) is 4.79 Å². The smallest absolute Gasteiger partial charge is 0.224 e. The van der Waals surface area contributed by atoms with Crippen LogP contribution in [0.4, 0.5) is 0 Å². The van der Waals surface area contributed by atoms with Crippen LogP contribution in [0.5, 0.6) is 0 Å². The van der Waals surface area contributed by atoms with E-state index in [1.807, 2.05) is 38.1 Å². The van der Waals surface area contributed by atoms with Gasteiger partial charge in [0.2, 0.25) is 5.91 Å². The molecule has 3 atom stereocenters. The number of benzene rings is 1. The van der Waals surface area contributed by atoms with Crippen LogP contribution in [0.2, 0.25) is 5.02 Å². The van der Waals surface area contributed by atoms with Gasteiger partial charge in [0, 0.05) is 17.0 Å². The van der Waals surface area contributed by atoms with E-state index in [0.717, 1.165) is 5.56 Å². The monoisotopic (exact) mass is 282 g/mol. The van der Waals surface area contributed by atoms with Gasteiger partial charge in [0.1, 0.15) is 0 Å². The largest absolute Gasteiger partial charge is 0.349 e. The molecule has 0 aromatic heterocycles. The van der Waals surface area contributed by atoms with Gasteiger partial charge >= 0.3 is 0 Å². The van der Waals surface area contributed by atoms with Crippen molar-refractivity contribution in [3.8, 4) is 0 Å². The highest BCUT2D eigenvalue weighted by Gasteiger charge is 2.24. The van der Waals surface area contributed by atoms with E-state index in [1.54, 1.807) is 0 Å². The normalized spacial score (nSPS) is 15.9. The molecule has 4 heteroatoms. The minimum absolute atomic E-state index is 0.0337. The Labute approximate surface area is 120 Å². The third kappa shape index (κ3) is 4.22. The predicted molar refractivity (Wildman–Crippen MR) is 80.0 cm³/mol. The lowest BCUT2D eigenvalue weighted by Crippen LogP contribution is -2.41. The molecular formula is C15H23ClN2O. The highest BCUT2D eigenvalue weighted by Crippen LogP contribution is 2.28. The minimum atomic E-state index is -0.219. The summed E-state index contributed by atoms with van der Waals surface area (Å²) in [6, 6.07) is 7.34. The maximum absolute atomic E-state index is 12.1. The number of nitrogens with one attached hydrogen (secondary N) is 1. The number of nitrogens with two attached hydrogens (primary N) is 1. The first-order valence-electron chi connectivity index (χ1n) is 6.65. The van der Waals surface area contributed by atoms with E-state index < -0.39 is 0 Å². The minimum Gasteiger partial charge on any atom is -0.349 e. The lowest BCUT2D eigenvalue weighted by molar-refractivity contribution is -0.126. The van der Waals surface area contributed by atoms with Crippen molar-refractivity contribution in [1.82, 2.24) is 5.32 Å². The first kappa shape index (κ1) is 16.0. The van der Waals surface area contributed by atoms with Gasteiger partial charge in [0.05, 0.1) is 6.04 Å². The molecule has 3 N–H and O–H groups in total. The molecule has 3 unspecified atom stereocenters. The topological polar surface area (TPSA) is 55.1 Å². The second-order valence-electron chi connectivity index (χ2n) is 5.40. The molecule has 0 saturated heterocycles. The van der Waals surface area contributed by atoms with Crippen molar-refractivity contribution < 1.29 is 4.79 Å². The Kier molecular flexibility index (Phi) is 5.83. The molecule has 0 bridgehead atoms. The summed E-state index contributed by atoms with van der Waals surface area (Å²) in [5.74, 6) is 0.00138. The molecule has 1 aromatic rings. The summed E-state index contributed by atoms with van der Waals surface area (Å²) in [7, 11) is 0. The number of hydrogen-bond acceptors (Lipinski definition) is 2. The molecule has 0 saturated carbocycles. The van der Waals surface area contributed by atoms with Gasteiger partial charge in [0.15, 0.2) is 0 Å². The van der Waals surface area contributed by atoms with Crippen molar-refractivity contribution in [3.63, 3.8) is 0 Å². The fraction of sp³-hybridized carbons (Fsp3) is 0.533. The average Bonchev–Trinajstić information content (AvgIpc) is 2.35. The zero-order valence-corrected chi connectivity index (χ0v) is 12.7. The Hall–Kier alpha value is -1.06. The van der Waals surface area contributed by atoms with Gasteiger partial charge in [-0.05, 0) is 24.5 Å². The summed E-state index contributed by atoms with van der Waals surface area (Å²) in [6.45, 7) is 7.80. The SMILES string of the molecule is CC(C)C(NC(=O)C(C)C(C)N)c1ccccc1Cl. The molecule has 1 amide bonds. The summed E-state index contributed by atoms with van der Waals surface area (Å²) < 4.78 is 0. The second-order valence-corrected chi connectivity index (χ2v) is 5.81. The Morgan fingerprint density at radius 3 is 2.26 bits per heavy atom. The Morgan fingerprint density at radius 1 is 1.21 bits per heavy atom. The lowest BCUT2D eigenvalue weighted by Gasteiger charge is -2.26.